The van der Waals surface area contributed by atoms with Gasteiger partial charge < -0.3 is 0 Å². The summed E-state index contributed by atoms with van der Waals surface area (Å²) >= 11 is 0. The van der Waals surface area contributed by atoms with Gasteiger partial charge in [-0.25, -0.2) is 4.98 Å². The van der Waals surface area contributed by atoms with Crippen molar-refractivity contribution in [1.29, 1.82) is 0 Å². The number of aromatic nitrogens is 2. The van der Waals surface area contributed by atoms with Crippen LogP contribution in [0.15, 0.2) is 36.5 Å². The molecular weight excluding hydrogens is 268 g/mol. The molecule has 3 atom stereocenters. The van der Waals surface area contributed by atoms with E-state index in [-0.39, 0.29) is 0 Å². The van der Waals surface area contributed by atoms with Crippen LogP contribution in [0.4, 0.5) is 0 Å². The Hall–Kier alpha value is -1.96. The van der Waals surface area contributed by atoms with Gasteiger partial charge in [-0.1, -0.05) is 39.0 Å². The van der Waals surface area contributed by atoms with E-state index in [9.17, 15) is 0 Å². The fourth-order valence-corrected chi connectivity index (χ4v) is 4.98. The first kappa shape index (κ1) is 12.6. The van der Waals surface area contributed by atoms with Gasteiger partial charge in [-0.2, -0.15) is 0 Å². The number of rotatable bonds is 0. The number of nitrogens with zero attached hydrogens (tertiary/aromatic N) is 2. The Morgan fingerprint density at radius 2 is 1.91 bits per heavy atom. The van der Waals surface area contributed by atoms with Crippen LogP contribution in [0.5, 0.6) is 0 Å². The van der Waals surface area contributed by atoms with Crippen LogP contribution < -0.4 is 0 Å². The molecule has 2 aromatic heterocycles. The minimum Gasteiger partial charge on any atom is -0.254 e. The van der Waals surface area contributed by atoms with Crippen molar-refractivity contribution < 1.29 is 0 Å². The third-order valence-corrected chi connectivity index (χ3v) is 6.37. The molecule has 0 radical (unpaired) electrons. The van der Waals surface area contributed by atoms with Gasteiger partial charge in [-0.15, -0.1) is 0 Å². The fraction of sp³-hybridized carbons (Fsp3) is 0.400. The van der Waals surface area contributed by atoms with Crippen molar-refractivity contribution in [2.75, 3.05) is 0 Å². The van der Waals surface area contributed by atoms with Gasteiger partial charge in [0.2, 0.25) is 0 Å². The first-order valence-corrected chi connectivity index (χ1v) is 8.25. The summed E-state index contributed by atoms with van der Waals surface area (Å²) in [6, 6.07) is 10.9. The number of fused-ring (bicyclic) bond motifs is 3. The summed E-state index contributed by atoms with van der Waals surface area (Å²) in [5, 5.41) is 2.41. The highest BCUT2D eigenvalue weighted by atomic mass is 14.8. The van der Waals surface area contributed by atoms with Crippen molar-refractivity contribution in [3.8, 4) is 0 Å². The molecule has 6 rings (SSSR count). The van der Waals surface area contributed by atoms with Crippen LogP contribution in [0.25, 0.3) is 21.8 Å². The third-order valence-electron chi connectivity index (χ3n) is 6.37. The first-order valence-electron chi connectivity index (χ1n) is 8.25. The molecule has 3 aliphatic rings. The maximum atomic E-state index is 5.11. The van der Waals surface area contributed by atoms with Crippen LogP contribution in [0.2, 0.25) is 0 Å². The maximum Gasteiger partial charge on any atom is 0.0968 e. The average molecular weight is 288 g/mol. The molecular formula is C20H20N2. The number of pyridine rings is 2. The van der Waals surface area contributed by atoms with Crippen LogP contribution in [-0.4, -0.2) is 9.97 Å². The van der Waals surface area contributed by atoms with Gasteiger partial charge in [0.15, 0.2) is 0 Å². The van der Waals surface area contributed by atoms with Gasteiger partial charge in [0, 0.05) is 28.6 Å². The predicted molar refractivity (Wildman–Crippen MR) is 90.1 cm³/mol. The molecule has 2 nitrogen and oxygen atoms in total. The highest BCUT2D eigenvalue weighted by molar-refractivity contribution is 6.02. The predicted octanol–water partition coefficient (Wildman–Crippen LogP) is 5.03. The third kappa shape index (κ3) is 1.36. The zero-order chi connectivity index (χ0) is 15.1. The summed E-state index contributed by atoms with van der Waals surface area (Å²) in [6.45, 7) is 7.22. The zero-order valence-corrected chi connectivity index (χ0v) is 13.3. The van der Waals surface area contributed by atoms with Gasteiger partial charge in [0.05, 0.1) is 11.0 Å². The smallest absolute Gasteiger partial charge is 0.0968 e. The van der Waals surface area contributed by atoms with E-state index in [0.29, 0.717) is 17.3 Å². The van der Waals surface area contributed by atoms with E-state index in [1.54, 1.807) is 0 Å². The van der Waals surface area contributed by atoms with E-state index in [4.69, 9.17) is 4.98 Å². The SMILES string of the molecule is C[C@@H]1c2nc3c(ccc4cccnc43)cc2[C@@H]2C[C@H]1C2(C)C. The molecule has 1 fully saturated rings. The molecule has 1 aromatic carbocycles. The Bertz CT molecular complexity index is 926. The summed E-state index contributed by atoms with van der Waals surface area (Å²) in [4.78, 5) is 9.69. The Labute approximate surface area is 130 Å². The van der Waals surface area contributed by atoms with E-state index in [0.717, 1.165) is 17.0 Å². The lowest BCUT2D eigenvalue weighted by Crippen LogP contribution is -2.50. The Morgan fingerprint density at radius 3 is 2.73 bits per heavy atom. The lowest BCUT2D eigenvalue weighted by atomic mass is 9.45. The molecule has 0 amide bonds. The fourth-order valence-electron chi connectivity index (χ4n) is 4.98. The summed E-state index contributed by atoms with van der Waals surface area (Å²) in [7, 11) is 0. The largest absolute Gasteiger partial charge is 0.254 e. The lowest BCUT2D eigenvalue weighted by molar-refractivity contribution is -0.00250. The minimum atomic E-state index is 0.427. The van der Waals surface area contributed by atoms with Crippen molar-refractivity contribution >= 4 is 21.8 Å². The molecule has 22 heavy (non-hydrogen) atoms. The molecule has 1 saturated carbocycles. The maximum absolute atomic E-state index is 5.11. The van der Waals surface area contributed by atoms with Crippen molar-refractivity contribution in [2.24, 2.45) is 11.3 Å². The Kier molecular flexibility index (Phi) is 2.21. The van der Waals surface area contributed by atoms with Crippen molar-refractivity contribution in [3.05, 3.63) is 47.8 Å². The van der Waals surface area contributed by atoms with E-state index in [1.165, 1.54) is 28.5 Å². The molecule has 110 valence electrons. The molecule has 0 saturated heterocycles. The van der Waals surface area contributed by atoms with E-state index >= 15 is 0 Å². The Morgan fingerprint density at radius 1 is 1.09 bits per heavy atom. The van der Waals surface area contributed by atoms with Gasteiger partial charge in [0.1, 0.15) is 0 Å². The number of hydrogen-bond donors (Lipinski definition) is 0. The summed E-state index contributed by atoms with van der Waals surface area (Å²) < 4.78 is 0. The lowest BCUT2D eigenvalue weighted by Gasteiger charge is -2.59. The van der Waals surface area contributed by atoms with Gasteiger partial charge in [-0.3, -0.25) is 4.98 Å². The van der Waals surface area contributed by atoms with Gasteiger partial charge >= 0.3 is 0 Å². The molecule has 2 heterocycles. The molecule has 0 spiro atoms. The van der Waals surface area contributed by atoms with Crippen molar-refractivity contribution in [3.63, 3.8) is 0 Å². The number of hydrogen-bond acceptors (Lipinski definition) is 2. The summed E-state index contributed by atoms with van der Waals surface area (Å²) in [5.74, 6) is 2.01. The Balaban J connectivity index is 1.85. The van der Waals surface area contributed by atoms with Crippen molar-refractivity contribution in [2.45, 2.75) is 39.0 Å². The average Bonchev–Trinajstić information content (AvgIpc) is 2.52. The van der Waals surface area contributed by atoms with Gasteiger partial charge in [-0.05, 0) is 41.4 Å². The van der Waals surface area contributed by atoms with Crippen LogP contribution in [0, 0.1) is 11.3 Å². The summed E-state index contributed by atoms with van der Waals surface area (Å²) in [6.07, 6.45) is 3.20. The molecule has 3 aliphatic carbocycles. The van der Waals surface area contributed by atoms with E-state index in [1.807, 2.05) is 12.3 Å². The zero-order valence-electron chi connectivity index (χ0n) is 13.3. The second-order valence-corrected chi connectivity index (χ2v) is 7.68. The van der Waals surface area contributed by atoms with Crippen LogP contribution in [-0.2, 0) is 0 Å². The molecule has 2 bridgehead atoms. The minimum absolute atomic E-state index is 0.427. The van der Waals surface area contributed by atoms with Gasteiger partial charge in [0.25, 0.3) is 0 Å². The van der Waals surface area contributed by atoms with Crippen LogP contribution in [0.1, 0.15) is 50.3 Å². The molecule has 3 aromatic rings. The first-order chi connectivity index (χ1) is 10.6. The normalized spacial score (nSPS) is 28.4. The summed E-state index contributed by atoms with van der Waals surface area (Å²) in [5.41, 5.74) is 5.35. The van der Waals surface area contributed by atoms with E-state index < -0.39 is 0 Å². The van der Waals surface area contributed by atoms with Crippen LogP contribution in [0.3, 0.4) is 0 Å². The molecule has 0 unspecified atom stereocenters. The monoisotopic (exact) mass is 288 g/mol. The van der Waals surface area contributed by atoms with E-state index in [2.05, 4.69) is 50.0 Å². The number of benzene rings is 1. The highest BCUT2D eigenvalue weighted by Crippen LogP contribution is 2.66. The standard InChI is InChI=1S/C20H20N2/c1-11-15-10-16(20(15,2)3)14-9-13-7-6-12-5-4-8-21-18(12)19(13)22-17(11)14/h4-9,11,15-16H,10H2,1-3H3/t11-,15+,16-/m0/s1. The highest BCUT2D eigenvalue weighted by Gasteiger charge is 2.56. The molecule has 2 heteroatoms. The molecule has 0 N–H and O–H groups in total. The molecule has 0 aliphatic heterocycles. The second-order valence-electron chi connectivity index (χ2n) is 7.68. The van der Waals surface area contributed by atoms with Crippen molar-refractivity contribution in [1.82, 2.24) is 9.97 Å². The quantitative estimate of drug-likeness (QED) is 0.542. The van der Waals surface area contributed by atoms with Crippen LogP contribution >= 0.6 is 0 Å². The topological polar surface area (TPSA) is 25.8 Å². The second kappa shape index (κ2) is 3.87.